The number of hydrogen-bond acceptors (Lipinski definition) is 2. The Morgan fingerprint density at radius 2 is 1.90 bits per heavy atom. The first-order valence-corrected chi connectivity index (χ1v) is 8.62. The van der Waals surface area contributed by atoms with Crippen molar-refractivity contribution in [1.29, 1.82) is 0 Å². The molecule has 0 fully saturated rings. The van der Waals surface area contributed by atoms with Crippen molar-refractivity contribution in [1.82, 2.24) is 0 Å². The molecule has 0 radical (unpaired) electrons. The van der Waals surface area contributed by atoms with Crippen LogP contribution in [0.1, 0.15) is 56.4 Å². The second kappa shape index (κ2) is 8.66. The Morgan fingerprint density at radius 1 is 1.20 bits per heavy atom. The van der Waals surface area contributed by atoms with E-state index in [1.165, 1.54) is 48.4 Å². The van der Waals surface area contributed by atoms with E-state index in [0.29, 0.717) is 5.92 Å². The number of hydrogen-bond donors (Lipinski definition) is 1. The summed E-state index contributed by atoms with van der Waals surface area (Å²) in [5.74, 6) is 0.578. The van der Waals surface area contributed by atoms with Gasteiger partial charge < -0.3 is 5.73 Å². The fourth-order valence-corrected chi connectivity index (χ4v) is 4.20. The molecule has 0 saturated carbocycles. The molecule has 3 heteroatoms. The van der Waals surface area contributed by atoms with Gasteiger partial charge in [0.25, 0.3) is 0 Å². The number of halogens is 1. The van der Waals surface area contributed by atoms with Crippen molar-refractivity contribution >= 4 is 33.0 Å². The highest BCUT2D eigenvalue weighted by atomic mass is 35.5. The number of benzene rings is 1. The Morgan fingerprint density at radius 3 is 2.50 bits per heavy atom. The number of fused-ring (bicyclic) bond motifs is 1. The van der Waals surface area contributed by atoms with Crippen molar-refractivity contribution in [2.24, 2.45) is 5.73 Å². The standard InChI is InChI=1S/C16H21ClS.CH5N/c1-4-5-6-10-14-15(11(2)3)12-8-7-9-13(17)16(12)18-14;1-2/h7-9,11H,4-6,10H2,1-3H3;2H2,1H3. The third kappa shape index (κ3) is 3.97. The van der Waals surface area contributed by atoms with Gasteiger partial charge in [-0.25, -0.2) is 0 Å². The fraction of sp³-hybridized carbons (Fsp3) is 0.529. The van der Waals surface area contributed by atoms with Crippen molar-refractivity contribution in [3.05, 3.63) is 33.7 Å². The van der Waals surface area contributed by atoms with Gasteiger partial charge in [-0.2, -0.15) is 0 Å². The molecular weight excluding hydrogens is 286 g/mol. The third-order valence-electron chi connectivity index (χ3n) is 3.37. The van der Waals surface area contributed by atoms with E-state index in [9.17, 15) is 0 Å². The number of nitrogens with two attached hydrogens (primary N) is 1. The SMILES string of the molecule is CCCCCc1sc2c(Cl)cccc2c1C(C)C.CN. The number of unbranched alkanes of at least 4 members (excludes halogenated alkanes) is 2. The van der Waals surface area contributed by atoms with Gasteiger partial charge in [-0.3, -0.25) is 0 Å². The average molecular weight is 312 g/mol. The Bertz CT molecular complexity index is 531. The smallest absolute Gasteiger partial charge is 0.0584 e. The molecule has 0 aliphatic heterocycles. The lowest BCUT2D eigenvalue weighted by Crippen LogP contribution is -1.92. The van der Waals surface area contributed by atoms with Crippen molar-refractivity contribution in [2.75, 3.05) is 7.05 Å². The number of thiophene rings is 1. The molecule has 20 heavy (non-hydrogen) atoms. The largest absolute Gasteiger partial charge is 0.333 e. The van der Waals surface area contributed by atoms with E-state index in [-0.39, 0.29) is 0 Å². The van der Waals surface area contributed by atoms with Crippen molar-refractivity contribution in [2.45, 2.75) is 52.4 Å². The molecule has 0 saturated heterocycles. The first-order valence-electron chi connectivity index (χ1n) is 7.42. The number of rotatable bonds is 5. The van der Waals surface area contributed by atoms with Gasteiger partial charge in [0.1, 0.15) is 0 Å². The van der Waals surface area contributed by atoms with Crippen LogP contribution in [0, 0.1) is 0 Å². The lowest BCUT2D eigenvalue weighted by Gasteiger charge is -2.08. The van der Waals surface area contributed by atoms with Crippen LogP contribution in [-0.4, -0.2) is 7.05 Å². The van der Waals surface area contributed by atoms with Crippen LogP contribution in [0.15, 0.2) is 18.2 Å². The van der Waals surface area contributed by atoms with Crippen LogP contribution in [0.3, 0.4) is 0 Å². The zero-order valence-corrected chi connectivity index (χ0v) is 14.6. The Kier molecular flexibility index (Phi) is 7.57. The normalized spacial score (nSPS) is 10.8. The molecule has 0 bridgehead atoms. The Labute approximate surface area is 132 Å². The molecule has 2 rings (SSSR count). The molecule has 1 aromatic heterocycles. The first kappa shape index (κ1) is 17.5. The third-order valence-corrected chi connectivity index (χ3v) is 5.11. The Hall–Kier alpha value is -0.570. The van der Waals surface area contributed by atoms with Crippen LogP contribution >= 0.6 is 22.9 Å². The molecule has 2 N–H and O–H groups in total. The maximum Gasteiger partial charge on any atom is 0.0584 e. The molecule has 1 nitrogen and oxygen atoms in total. The highest BCUT2D eigenvalue weighted by molar-refractivity contribution is 7.20. The molecule has 1 aromatic carbocycles. The predicted octanol–water partition coefficient (Wildman–Crippen LogP) is 5.99. The number of aryl methyl sites for hydroxylation is 1. The molecule has 0 spiro atoms. The van der Waals surface area contributed by atoms with Crippen LogP contribution < -0.4 is 5.73 Å². The van der Waals surface area contributed by atoms with Gasteiger partial charge in [-0.1, -0.05) is 57.3 Å². The molecule has 0 aliphatic carbocycles. The fourth-order valence-electron chi connectivity index (χ4n) is 2.51. The summed E-state index contributed by atoms with van der Waals surface area (Å²) < 4.78 is 1.27. The predicted molar refractivity (Wildman–Crippen MR) is 94.3 cm³/mol. The van der Waals surface area contributed by atoms with Gasteiger partial charge in [0.15, 0.2) is 0 Å². The summed E-state index contributed by atoms with van der Waals surface area (Å²) in [6, 6.07) is 6.29. The van der Waals surface area contributed by atoms with Gasteiger partial charge >= 0.3 is 0 Å². The molecular formula is C17H26ClNS. The average Bonchev–Trinajstić information content (AvgIpc) is 2.81. The second-order valence-electron chi connectivity index (χ2n) is 5.17. The Balaban J connectivity index is 0.000000956. The molecule has 112 valence electrons. The van der Waals surface area contributed by atoms with E-state index in [2.05, 4.69) is 38.6 Å². The van der Waals surface area contributed by atoms with Crippen molar-refractivity contribution in [3.63, 3.8) is 0 Å². The molecule has 0 atom stereocenters. The monoisotopic (exact) mass is 311 g/mol. The van der Waals surface area contributed by atoms with Gasteiger partial charge in [0.2, 0.25) is 0 Å². The maximum atomic E-state index is 6.32. The van der Waals surface area contributed by atoms with Crippen LogP contribution in [0.5, 0.6) is 0 Å². The highest BCUT2D eigenvalue weighted by Gasteiger charge is 2.16. The lowest BCUT2D eigenvalue weighted by atomic mass is 9.97. The summed E-state index contributed by atoms with van der Waals surface area (Å²) in [5, 5.41) is 2.27. The minimum atomic E-state index is 0.578. The van der Waals surface area contributed by atoms with Crippen LogP contribution in [0.25, 0.3) is 10.1 Å². The van der Waals surface area contributed by atoms with Crippen LogP contribution in [-0.2, 0) is 6.42 Å². The van der Waals surface area contributed by atoms with E-state index in [1.807, 2.05) is 17.4 Å². The van der Waals surface area contributed by atoms with Crippen molar-refractivity contribution < 1.29 is 0 Å². The van der Waals surface area contributed by atoms with Crippen molar-refractivity contribution in [3.8, 4) is 0 Å². The van der Waals surface area contributed by atoms with E-state index >= 15 is 0 Å². The van der Waals surface area contributed by atoms with E-state index < -0.39 is 0 Å². The second-order valence-corrected chi connectivity index (χ2v) is 6.68. The topological polar surface area (TPSA) is 26.0 Å². The van der Waals surface area contributed by atoms with E-state index in [0.717, 1.165) is 5.02 Å². The zero-order valence-electron chi connectivity index (χ0n) is 13.0. The van der Waals surface area contributed by atoms with Gasteiger partial charge in [-0.15, -0.1) is 11.3 Å². The molecule has 0 unspecified atom stereocenters. The van der Waals surface area contributed by atoms with Crippen LogP contribution in [0.2, 0.25) is 5.02 Å². The summed E-state index contributed by atoms with van der Waals surface area (Å²) in [6.45, 7) is 6.82. The summed E-state index contributed by atoms with van der Waals surface area (Å²) in [4.78, 5) is 1.54. The molecule has 0 amide bonds. The molecule has 0 aliphatic rings. The summed E-state index contributed by atoms with van der Waals surface area (Å²) in [7, 11) is 1.50. The van der Waals surface area contributed by atoms with Gasteiger partial charge in [0.05, 0.1) is 9.72 Å². The first-order chi connectivity index (χ1) is 9.65. The van der Waals surface area contributed by atoms with Gasteiger partial charge in [-0.05, 0) is 42.8 Å². The van der Waals surface area contributed by atoms with Gasteiger partial charge in [0, 0.05) is 4.88 Å². The molecule has 2 aromatic rings. The van der Waals surface area contributed by atoms with E-state index in [1.54, 1.807) is 4.88 Å². The summed E-state index contributed by atoms with van der Waals surface area (Å²) in [6.07, 6.45) is 5.10. The minimum Gasteiger partial charge on any atom is -0.333 e. The summed E-state index contributed by atoms with van der Waals surface area (Å²) >= 11 is 8.22. The van der Waals surface area contributed by atoms with Crippen LogP contribution in [0.4, 0.5) is 0 Å². The minimum absolute atomic E-state index is 0.578. The summed E-state index contributed by atoms with van der Waals surface area (Å²) in [5.41, 5.74) is 6.02. The quantitative estimate of drug-likeness (QED) is 0.675. The highest BCUT2D eigenvalue weighted by Crippen LogP contribution is 2.40. The maximum absolute atomic E-state index is 6.32. The van der Waals surface area contributed by atoms with E-state index in [4.69, 9.17) is 11.6 Å². The zero-order chi connectivity index (χ0) is 15.1. The molecule has 1 heterocycles. The lowest BCUT2D eigenvalue weighted by molar-refractivity contribution is 0.715.